The molecule has 2 aromatic heterocycles. The van der Waals surface area contributed by atoms with Gasteiger partial charge in [0.1, 0.15) is 16.4 Å². The quantitative estimate of drug-likeness (QED) is 0.701. The van der Waals surface area contributed by atoms with E-state index in [1.165, 1.54) is 4.88 Å². The van der Waals surface area contributed by atoms with Gasteiger partial charge in [-0.3, -0.25) is 9.36 Å². The number of thiophene rings is 1. The molecule has 0 saturated carbocycles. The summed E-state index contributed by atoms with van der Waals surface area (Å²) in [4.78, 5) is 19.7. The Labute approximate surface area is 150 Å². The zero-order valence-corrected chi connectivity index (χ0v) is 15.4. The van der Waals surface area contributed by atoms with Gasteiger partial charge in [0.25, 0.3) is 5.56 Å². The Hall–Kier alpha value is -2.40. The molecule has 1 aromatic carbocycles. The summed E-state index contributed by atoms with van der Waals surface area (Å²) in [7, 11) is 0. The number of rotatable bonds is 3. The van der Waals surface area contributed by atoms with E-state index in [4.69, 9.17) is 9.72 Å². The molecule has 0 aliphatic carbocycles. The van der Waals surface area contributed by atoms with Crippen LogP contribution >= 0.6 is 11.3 Å². The van der Waals surface area contributed by atoms with E-state index in [0.717, 1.165) is 44.9 Å². The molecular formula is C20H20N2O2S. The van der Waals surface area contributed by atoms with Gasteiger partial charge in [0, 0.05) is 11.4 Å². The molecule has 0 amide bonds. The minimum atomic E-state index is 0.0910. The molecular weight excluding hydrogens is 332 g/mol. The Morgan fingerprint density at radius 2 is 2.20 bits per heavy atom. The summed E-state index contributed by atoms with van der Waals surface area (Å²) >= 11 is 1.60. The molecule has 0 unspecified atom stereocenters. The van der Waals surface area contributed by atoms with Gasteiger partial charge in [-0.1, -0.05) is 12.1 Å². The number of nitrogens with zero attached hydrogens (tertiary/aromatic N) is 2. The third kappa shape index (κ3) is 2.68. The lowest BCUT2D eigenvalue weighted by atomic mass is 10.1. The van der Waals surface area contributed by atoms with Gasteiger partial charge in [0.2, 0.25) is 0 Å². The van der Waals surface area contributed by atoms with Crippen LogP contribution in [0.5, 0.6) is 5.75 Å². The molecule has 3 heterocycles. The fourth-order valence-corrected chi connectivity index (χ4v) is 4.34. The van der Waals surface area contributed by atoms with Crippen molar-refractivity contribution in [3.8, 4) is 5.75 Å². The van der Waals surface area contributed by atoms with Gasteiger partial charge in [-0.25, -0.2) is 4.98 Å². The second kappa shape index (κ2) is 6.15. The Bertz CT molecular complexity index is 1060. The lowest BCUT2D eigenvalue weighted by Gasteiger charge is -2.05. The fourth-order valence-electron chi connectivity index (χ4n) is 3.32. The van der Waals surface area contributed by atoms with Gasteiger partial charge in [0.15, 0.2) is 0 Å². The van der Waals surface area contributed by atoms with Gasteiger partial charge in [0.05, 0.1) is 12.0 Å². The van der Waals surface area contributed by atoms with Crippen LogP contribution in [0.15, 0.2) is 29.1 Å². The monoisotopic (exact) mass is 352 g/mol. The number of aryl methyl sites for hydroxylation is 2. The van der Waals surface area contributed by atoms with E-state index in [0.29, 0.717) is 13.2 Å². The van der Waals surface area contributed by atoms with Crippen LogP contribution in [0.2, 0.25) is 0 Å². The average Bonchev–Trinajstić information content (AvgIpc) is 3.11. The van der Waals surface area contributed by atoms with E-state index in [1.54, 1.807) is 11.3 Å². The van der Waals surface area contributed by atoms with E-state index in [9.17, 15) is 4.79 Å². The van der Waals surface area contributed by atoms with Crippen molar-refractivity contribution in [3.63, 3.8) is 0 Å². The predicted molar refractivity (Wildman–Crippen MR) is 103 cm³/mol. The molecule has 0 bridgehead atoms. The number of fused-ring (bicyclic) bond motifs is 2. The van der Waals surface area contributed by atoms with E-state index in [-0.39, 0.29) is 5.56 Å². The minimum absolute atomic E-state index is 0.0910. The second-order valence-corrected chi connectivity index (χ2v) is 7.48. The standard InChI is InChI=1S/C20H20N2O2S/c1-4-24-16-7-5-6-14(11-16)10-15-8-9-22-18(15)21-19-17(20(22)23)12(2)13(3)25-19/h5-7,10-11H,4,8-9H2,1-3H3/b15-10-. The first-order valence-electron chi connectivity index (χ1n) is 8.53. The van der Waals surface area contributed by atoms with Crippen molar-refractivity contribution >= 4 is 33.2 Å². The van der Waals surface area contributed by atoms with Crippen molar-refractivity contribution in [2.24, 2.45) is 0 Å². The molecule has 25 heavy (non-hydrogen) atoms. The second-order valence-electron chi connectivity index (χ2n) is 6.28. The number of hydrogen-bond donors (Lipinski definition) is 0. The lowest BCUT2D eigenvalue weighted by molar-refractivity contribution is 0.340. The summed E-state index contributed by atoms with van der Waals surface area (Å²) in [6.45, 7) is 7.38. The molecule has 4 nitrogen and oxygen atoms in total. The van der Waals surface area contributed by atoms with Crippen LogP contribution in [-0.2, 0) is 6.54 Å². The zero-order chi connectivity index (χ0) is 17.6. The molecule has 0 atom stereocenters. The summed E-state index contributed by atoms with van der Waals surface area (Å²) in [6, 6.07) is 8.02. The van der Waals surface area contributed by atoms with Crippen molar-refractivity contribution < 1.29 is 4.74 Å². The number of allylic oxidation sites excluding steroid dienone is 1. The van der Waals surface area contributed by atoms with E-state index >= 15 is 0 Å². The van der Waals surface area contributed by atoms with E-state index in [1.807, 2.05) is 49.6 Å². The molecule has 4 rings (SSSR count). The molecule has 128 valence electrons. The van der Waals surface area contributed by atoms with Crippen LogP contribution < -0.4 is 10.3 Å². The van der Waals surface area contributed by atoms with Crippen molar-refractivity contribution in [2.45, 2.75) is 33.7 Å². The first-order valence-corrected chi connectivity index (χ1v) is 9.34. The molecule has 1 aliphatic heterocycles. The van der Waals surface area contributed by atoms with Crippen molar-refractivity contribution in [2.75, 3.05) is 6.61 Å². The van der Waals surface area contributed by atoms with Crippen LogP contribution in [0, 0.1) is 13.8 Å². The van der Waals surface area contributed by atoms with Crippen LogP contribution in [0.4, 0.5) is 0 Å². The maximum atomic E-state index is 12.9. The van der Waals surface area contributed by atoms with Crippen LogP contribution in [0.3, 0.4) is 0 Å². The lowest BCUT2D eigenvalue weighted by Crippen LogP contribution is -2.20. The maximum Gasteiger partial charge on any atom is 0.262 e. The van der Waals surface area contributed by atoms with Crippen molar-refractivity contribution in [1.82, 2.24) is 9.55 Å². The first kappa shape index (κ1) is 16.1. The first-order chi connectivity index (χ1) is 12.1. The average molecular weight is 352 g/mol. The number of hydrogen-bond acceptors (Lipinski definition) is 4. The van der Waals surface area contributed by atoms with Gasteiger partial charge >= 0.3 is 0 Å². The van der Waals surface area contributed by atoms with E-state index < -0.39 is 0 Å². The summed E-state index contributed by atoms with van der Waals surface area (Å²) < 4.78 is 7.39. The van der Waals surface area contributed by atoms with Crippen molar-refractivity contribution in [1.29, 1.82) is 0 Å². The number of aromatic nitrogens is 2. The summed E-state index contributed by atoms with van der Waals surface area (Å²) in [5.74, 6) is 1.67. The molecule has 3 aromatic rings. The highest BCUT2D eigenvalue weighted by Crippen LogP contribution is 2.32. The third-order valence-corrected chi connectivity index (χ3v) is 5.79. The van der Waals surface area contributed by atoms with Crippen molar-refractivity contribution in [3.05, 3.63) is 56.4 Å². The Morgan fingerprint density at radius 3 is 3.00 bits per heavy atom. The van der Waals surface area contributed by atoms with Gasteiger partial charge < -0.3 is 4.74 Å². The van der Waals surface area contributed by atoms with Gasteiger partial charge in [-0.2, -0.15) is 0 Å². The van der Waals surface area contributed by atoms with Gasteiger partial charge in [-0.05, 0) is 62.1 Å². The molecule has 0 N–H and O–H groups in total. The molecule has 0 saturated heterocycles. The van der Waals surface area contributed by atoms with Crippen LogP contribution in [-0.4, -0.2) is 16.2 Å². The van der Waals surface area contributed by atoms with Gasteiger partial charge in [-0.15, -0.1) is 11.3 Å². The molecule has 0 fully saturated rings. The fraction of sp³-hybridized carbons (Fsp3) is 0.300. The SMILES string of the molecule is CCOc1cccc(/C=C2/CCn3c2nc2sc(C)c(C)c2c3=O)c1. The number of ether oxygens (including phenoxy) is 1. The smallest absolute Gasteiger partial charge is 0.262 e. The Balaban J connectivity index is 1.83. The molecule has 0 radical (unpaired) electrons. The van der Waals surface area contributed by atoms with Crippen LogP contribution in [0.1, 0.15) is 35.2 Å². The summed E-state index contributed by atoms with van der Waals surface area (Å²) in [5.41, 5.74) is 3.33. The topological polar surface area (TPSA) is 44.1 Å². The molecule has 0 spiro atoms. The summed E-state index contributed by atoms with van der Waals surface area (Å²) in [6.07, 6.45) is 2.95. The predicted octanol–water partition coefficient (Wildman–Crippen LogP) is 4.42. The number of benzene rings is 1. The maximum absolute atomic E-state index is 12.9. The van der Waals surface area contributed by atoms with E-state index in [2.05, 4.69) is 6.08 Å². The third-order valence-electron chi connectivity index (χ3n) is 4.69. The summed E-state index contributed by atoms with van der Waals surface area (Å²) in [5, 5.41) is 0.783. The Morgan fingerprint density at radius 1 is 1.36 bits per heavy atom. The largest absolute Gasteiger partial charge is 0.494 e. The minimum Gasteiger partial charge on any atom is -0.494 e. The highest BCUT2D eigenvalue weighted by molar-refractivity contribution is 7.18. The zero-order valence-electron chi connectivity index (χ0n) is 14.6. The van der Waals surface area contributed by atoms with Crippen LogP contribution in [0.25, 0.3) is 21.9 Å². The molecule has 1 aliphatic rings. The highest BCUT2D eigenvalue weighted by Gasteiger charge is 2.23. The molecule has 5 heteroatoms. The highest BCUT2D eigenvalue weighted by atomic mass is 32.1. The normalized spacial score (nSPS) is 15.1. The Kier molecular flexibility index (Phi) is 3.96.